The fourth-order valence-corrected chi connectivity index (χ4v) is 1.53. The highest BCUT2D eigenvalue weighted by molar-refractivity contribution is 5.48. The van der Waals surface area contributed by atoms with E-state index >= 15 is 0 Å². The lowest BCUT2D eigenvalue weighted by Gasteiger charge is -2.05. The van der Waals surface area contributed by atoms with E-state index in [-0.39, 0.29) is 23.6 Å². The Morgan fingerprint density at radius 2 is 2.10 bits per heavy atom. The highest BCUT2D eigenvalue weighted by Crippen LogP contribution is 2.32. The quantitative estimate of drug-likeness (QED) is 0.809. The number of nitrogens with zero attached hydrogens (tertiary/aromatic N) is 3. The highest BCUT2D eigenvalue weighted by Gasteiger charge is 2.35. The summed E-state index contributed by atoms with van der Waals surface area (Å²) in [5, 5.41) is 12.1. The van der Waals surface area contributed by atoms with Gasteiger partial charge in [-0.05, 0) is 18.2 Å². The maximum Gasteiger partial charge on any atom is 0.435 e. The van der Waals surface area contributed by atoms with Crippen molar-refractivity contribution in [3.63, 3.8) is 0 Å². The van der Waals surface area contributed by atoms with Gasteiger partial charge in [-0.3, -0.25) is 4.79 Å². The van der Waals surface area contributed by atoms with Gasteiger partial charge in [0, 0.05) is 6.07 Å². The van der Waals surface area contributed by atoms with Crippen LogP contribution in [-0.2, 0) is 11.0 Å². The summed E-state index contributed by atoms with van der Waals surface area (Å²) < 4.78 is 43.1. The molecule has 0 bridgehead atoms. The molecule has 0 radical (unpaired) electrons. The van der Waals surface area contributed by atoms with Gasteiger partial charge in [0.2, 0.25) is 5.88 Å². The molecule has 0 atom stereocenters. The van der Waals surface area contributed by atoms with Crippen molar-refractivity contribution in [2.45, 2.75) is 6.18 Å². The van der Waals surface area contributed by atoms with Gasteiger partial charge in [0.15, 0.2) is 5.69 Å². The van der Waals surface area contributed by atoms with Crippen LogP contribution in [0.25, 0.3) is 5.69 Å². The van der Waals surface area contributed by atoms with Gasteiger partial charge in [-0.2, -0.15) is 23.5 Å². The van der Waals surface area contributed by atoms with Crippen molar-refractivity contribution in [2.24, 2.45) is 0 Å². The Labute approximate surface area is 110 Å². The smallest absolute Gasteiger partial charge is 0.410 e. The van der Waals surface area contributed by atoms with Crippen LogP contribution in [0.5, 0.6) is 5.88 Å². The van der Waals surface area contributed by atoms with Crippen LogP contribution < -0.4 is 4.74 Å². The van der Waals surface area contributed by atoms with Crippen molar-refractivity contribution in [2.75, 3.05) is 0 Å². The number of benzene rings is 1. The van der Waals surface area contributed by atoms with Crippen molar-refractivity contribution in [1.82, 2.24) is 9.78 Å². The third kappa shape index (κ3) is 2.61. The molecule has 1 aromatic carbocycles. The Morgan fingerprint density at radius 1 is 1.35 bits per heavy atom. The molecule has 0 amide bonds. The van der Waals surface area contributed by atoms with Crippen molar-refractivity contribution in [1.29, 1.82) is 5.26 Å². The van der Waals surface area contributed by atoms with Crippen LogP contribution in [0, 0.1) is 11.3 Å². The van der Waals surface area contributed by atoms with E-state index < -0.39 is 11.9 Å². The molecule has 0 aliphatic rings. The summed E-state index contributed by atoms with van der Waals surface area (Å²) in [5.74, 6) is -0.387. The van der Waals surface area contributed by atoms with E-state index in [2.05, 4.69) is 9.84 Å². The standard InChI is InChI=1S/C12H6F3N3O2/c13-12(14,15)10-5-11(20-7-19)18(17-10)9-3-1-2-8(4-9)6-16/h1-5,7H. The number of aromatic nitrogens is 2. The molecule has 2 rings (SSSR count). The summed E-state index contributed by atoms with van der Waals surface area (Å²) in [5.41, 5.74) is -0.781. The Hall–Kier alpha value is -2.82. The van der Waals surface area contributed by atoms with Crippen LogP contribution >= 0.6 is 0 Å². The lowest BCUT2D eigenvalue weighted by molar-refractivity contribution is -0.141. The lowest BCUT2D eigenvalue weighted by atomic mass is 10.2. The number of carbonyl (C=O) groups is 1. The highest BCUT2D eigenvalue weighted by atomic mass is 19.4. The van der Waals surface area contributed by atoms with Gasteiger partial charge in [-0.15, -0.1) is 0 Å². The van der Waals surface area contributed by atoms with E-state index in [1.54, 1.807) is 0 Å². The molecule has 102 valence electrons. The molecule has 8 heteroatoms. The van der Waals surface area contributed by atoms with Gasteiger partial charge >= 0.3 is 6.18 Å². The minimum atomic E-state index is -4.67. The van der Waals surface area contributed by atoms with Crippen LogP contribution in [-0.4, -0.2) is 16.3 Å². The monoisotopic (exact) mass is 281 g/mol. The second-order valence-corrected chi connectivity index (χ2v) is 3.65. The molecule has 2 aromatic rings. The van der Waals surface area contributed by atoms with Gasteiger partial charge in [-0.25, -0.2) is 4.68 Å². The van der Waals surface area contributed by atoms with Gasteiger partial charge in [0.25, 0.3) is 6.47 Å². The minimum absolute atomic E-state index is 0.00180. The summed E-state index contributed by atoms with van der Waals surface area (Å²) in [6.45, 7) is 0.00180. The molecular weight excluding hydrogens is 275 g/mol. The fourth-order valence-electron chi connectivity index (χ4n) is 1.53. The van der Waals surface area contributed by atoms with E-state index in [1.165, 1.54) is 24.3 Å². The molecule has 0 fully saturated rings. The number of hydrogen-bond donors (Lipinski definition) is 0. The molecule has 0 saturated heterocycles. The SMILES string of the molecule is N#Cc1cccc(-n2nc(C(F)(F)F)cc2OC=O)c1. The number of nitriles is 1. The third-order valence-electron chi connectivity index (χ3n) is 2.36. The molecule has 0 aliphatic heterocycles. The molecule has 0 aliphatic carbocycles. The predicted octanol–water partition coefficient (Wildman–Crippen LogP) is 2.30. The van der Waals surface area contributed by atoms with E-state index in [1.807, 2.05) is 6.07 Å². The van der Waals surface area contributed by atoms with E-state index in [9.17, 15) is 18.0 Å². The largest absolute Gasteiger partial charge is 0.435 e. The van der Waals surface area contributed by atoms with Crippen LogP contribution in [0.15, 0.2) is 30.3 Å². The molecule has 0 N–H and O–H groups in total. The van der Waals surface area contributed by atoms with E-state index in [0.29, 0.717) is 6.07 Å². The second-order valence-electron chi connectivity index (χ2n) is 3.65. The minimum Gasteiger partial charge on any atom is -0.410 e. The van der Waals surface area contributed by atoms with Gasteiger partial charge < -0.3 is 4.74 Å². The Kier molecular flexibility index (Phi) is 3.43. The van der Waals surface area contributed by atoms with Gasteiger partial charge in [0.1, 0.15) is 0 Å². The van der Waals surface area contributed by atoms with Gasteiger partial charge in [0.05, 0.1) is 17.3 Å². The average molecular weight is 281 g/mol. The van der Waals surface area contributed by atoms with Crippen LogP contribution in [0.1, 0.15) is 11.3 Å². The van der Waals surface area contributed by atoms with Crippen molar-refractivity contribution in [3.8, 4) is 17.6 Å². The first-order chi connectivity index (χ1) is 9.45. The number of alkyl halides is 3. The van der Waals surface area contributed by atoms with E-state index in [0.717, 1.165) is 4.68 Å². The number of hydrogen-bond acceptors (Lipinski definition) is 4. The molecule has 20 heavy (non-hydrogen) atoms. The topological polar surface area (TPSA) is 67.9 Å². The zero-order valence-electron chi connectivity index (χ0n) is 9.76. The summed E-state index contributed by atoms with van der Waals surface area (Å²) in [7, 11) is 0. The molecule has 0 spiro atoms. The first-order valence-corrected chi connectivity index (χ1v) is 5.24. The fraction of sp³-hybridized carbons (Fsp3) is 0.0833. The normalized spacial score (nSPS) is 10.9. The molecule has 1 heterocycles. The summed E-state index contributed by atoms with van der Waals surface area (Å²) in [4.78, 5) is 10.3. The number of ether oxygens (including phenoxy) is 1. The Bertz CT molecular complexity index is 686. The number of carbonyl (C=O) groups excluding carboxylic acids is 1. The molecule has 1 aromatic heterocycles. The van der Waals surface area contributed by atoms with Crippen LogP contribution in [0.2, 0.25) is 0 Å². The van der Waals surface area contributed by atoms with Crippen molar-refractivity contribution < 1.29 is 22.7 Å². The summed E-state index contributed by atoms with van der Waals surface area (Å²) in [6.07, 6.45) is -4.67. The lowest BCUT2D eigenvalue weighted by Crippen LogP contribution is -2.07. The first-order valence-electron chi connectivity index (χ1n) is 5.24. The molecular formula is C12H6F3N3O2. The van der Waals surface area contributed by atoms with Crippen molar-refractivity contribution >= 4 is 6.47 Å². The average Bonchev–Trinajstić information content (AvgIpc) is 2.83. The Balaban J connectivity index is 2.56. The molecule has 0 saturated carbocycles. The van der Waals surface area contributed by atoms with Gasteiger partial charge in [-0.1, -0.05) is 6.07 Å². The van der Waals surface area contributed by atoms with E-state index in [4.69, 9.17) is 5.26 Å². The van der Waals surface area contributed by atoms with Crippen LogP contribution in [0.4, 0.5) is 13.2 Å². The number of halogens is 3. The maximum atomic E-state index is 12.6. The zero-order valence-corrected chi connectivity index (χ0v) is 9.76. The number of rotatable bonds is 3. The summed E-state index contributed by atoms with van der Waals surface area (Å²) >= 11 is 0. The maximum absolute atomic E-state index is 12.6. The second kappa shape index (κ2) is 5.05. The van der Waals surface area contributed by atoms with Crippen LogP contribution in [0.3, 0.4) is 0 Å². The predicted molar refractivity (Wildman–Crippen MR) is 60.0 cm³/mol. The summed E-state index contributed by atoms with van der Waals surface area (Å²) in [6, 6.07) is 8.18. The van der Waals surface area contributed by atoms with Crippen molar-refractivity contribution in [3.05, 3.63) is 41.6 Å². The Morgan fingerprint density at radius 3 is 2.70 bits per heavy atom. The third-order valence-corrected chi connectivity index (χ3v) is 2.36. The zero-order chi connectivity index (χ0) is 14.8. The first kappa shape index (κ1) is 13.6. The molecule has 0 unspecified atom stereocenters. The molecule has 5 nitrogen and oxygen atoms in total.